The van der Waals surface area contributed by atoms with E-state index in [9.17, 15) is 8.78 Å². The Bertz CT molecular complexity index is 618. The molecule has 1 aromatic carbocycles. The average Bonchev–Trinajstić information content (AvgIpc) is 2.69. The summed E-state index contributed by atoms with van der Waals surface area (Å²) in [4.78, 5) is 0. The van der Waals surface area contributed by atoms with Crippen LogP contribution in [0.5, 0.6) is 0 Å². The third kappa shape index (κ3) is 3.28. The molecule has 2 rings (SSSR count). The molecule has 1 unspecified atom stereocenters. The highest BCUT2D eigenvalue weighted by atomic mass is 79.9. The number of benzene rings is 1. The molecule has 0 saturated carbocycles. The van der Waals surface area contributed by atoms with Crippen LogP contribution in [-0.4, -0.2) is 0 Å². The van der Waals surface area contributed by atoms with Gasteiger partial charge >= 0.3 is 0 Å². The van der Waals surface area contributed by atoms with Crippen LogP contribution in [0.1, 0.15) is 17.2 Å². The molecule has 0 amide bonds. The molecule has 1 atom stereocenters. The van der Waals surface area contributed by atoms with Crippen molar-refractivity contribution in [3.8, 4) is 0 Å². The van der Waals surface area contributed by atoms with E-state index in [0.717, 1.165) is 0 Å². The molecule has 0 saturated heterocycles. The summed E-state index contributed by atoms with van der Waals surface area (Å²) < 4.78 is 28.6. The molecule has 0 fully saturated rings. The van der Waals surface area contributed by atoms with E-state index >= 15 is 0 Å². The van der Waals surface area contributed by atoms with E-state index in [4.69, 9.17) is 28.9 Å². The first-order chi connectivity index (χ1) is 8.90. The molecule has 0 aliphatic rings. The van der Waals surface area contributed by atoms with Gasteiger partial charge in [-0.25, -0.2) is 8.78 Å². The topological polar surface area (TPSA) is 26.0 Å². The predicted octanol–water partition coefficient (Wildman–Crippen LogP) is 5.34. The summed E-state index contributed by atoms with van der Waals surface area (Å²) in [6, 6.07) is 3.51. The van der Waals surface area contributed by atoms with E-state index in [1.54, 1.807) is 6.07 Å². The minimum atomic E-state index is -0.645. The van der Waals surface area contributed by atoms with Crippen molar-refractivity contribution in [2.45, 2.75) is 12.5 Å². The van der Waals surface area contributed by atoms with Gasteiger partial charge in [0.25, 0.3) is 0 Å². The number of nitrogens with two attached hydrogens (primary N) is 1. The molecule has 19 heavy (non-hydrogen) atoms. The summed E-state index contributed by atoms with van der Waals surface area (Å²) in [6.45, 7) is 0. The number of hydrogen-bond acceptors (Lipinski definition) is 2. The van der Waals surface area contributed by atoms with Gasteiger partial charge in [0.2, 0.25) is 0 Å². The maximum Gasteiger partial charge on any atom is 0.143 e. The van der Waals surface area contributed by atoms with E-state index in [-0.39, 0.29) is 16.5 Å². The van der Waals surface area contributed by atoms with Crippen molar-refractivity contribution in [3.05, 3.63) is 54.1 Å². The molecule has 2 aromatic rings. The zero-order chi connectivity index (χ0) is 14.2. The van der Waals surface area contributed by atoms with Crippen LogP contribution in [0.2, 0.25) is 8.67 Å². The maximum absolute atomic E-state index is 13.8. The fourth-order valence-corrected chi connectivity index (χ4v) is 3.66. The molecule has 0 aliphatic carbocycles. The summed E-state index contributed by atoms with van der Waals surface area (Å²) >= 11 is 16.0. The molecule has 0 spiro atoms. The minimum absolute atomic E-state index is 0.00386. The number of rotatable bonds is 3. The van der Waals surface area contributed by atoms with Crippen LogP contribution in [0.4, 0.5) is 8.78 Å². The molecule has 7 heteroatoms. The number of thiophene rings is 1. The van der Waals surface area contributed by atoms with Gasteiger partial charge in [0.05, 0.1) is 13.1 Å². The second kappa shape index (κ2) is 6.06. The lowest BCUT2D eigenvalue weighted by atomic mass is 10.0. The summed E-state index contributed by atoms with van der Waals surface area (Å²) in [6.07, 6.45) is 0.00386. The Morgan fingerprint density at radius 2 is 2.00 bits per heavy atom. The van der Waals surface area contributed by atoms with Gasteiger partial charge in [-0.15, -0.1) is 11.3 Å². The zero-order valence-corrected chi connectivity index (χ0v) is 13.3. The first-order valence-corrected chi connectivity index (χ1v) is 7.59. The van der Waals surface area contributed by atoms with Crippen LogP contribution in [0.3, 0.4) is 0 Å². The molecular weight excluding hydrogens is 379 g/mol. The average molecular weight is 387 g/mol. The van der Waals surface area contributed by atoms with E-state index in [1.807, 2.05) is 0 Å². The lowest BCUT2D eigenvalue weighted by Crippen LogP contribution is -2.15. The van der Waals surface area contributed by atoms with Crippen molar-refractivity contribution >= 4 is 50.5 Å². The van der Waals surface area contributed by atoms with Crippen LogP contribution >= 0.6 is 50.5 Å². The van der Waals surface area contributed by atoms with Gasteiger partial charge in [0.15, 0.2) is 0 Å². The summed E-state index contributed by atoms with van der Waals surface area (Å²) in [5, 5.41) is 0. The highest BCUT2D eigenvalue weighted by Crippen LogP contribution is 2.36. The van der Waals surface area contributed by atoms with Crippen LogP contribution in [0.15, 0.2) is 22.7 Å². The molecule has 102 valence electrons. The molecule has 2 N–H and O–H groups in total. The normalized spacial score (nSPS) is 12.7. The molecule has 0 aliphatic heterocycles. The number of hydrogen-bond donors (Lipinski definition) is 1. The Hall–Kier alpha value is -0.200. The van der Waals surface area contributed by atoms with Crippen molar-refractivity contribution in [2.75, 3.05) is 0 Å². The Morgan fingerprint density at radius 1 is 1.32 bits per heavy atom. The fraction of sp³-hybridized carbons (Fsp3) is 0.167. The molecule has 1 aromatic heterocycles. The van der Waals surface area contributed by atoms with Crippen LogP contribution in [-0.2, 0) is 6.42 Å². The molecule has 0 bridgehead atoms. The monoisotopic (exact) mass is 385 g/mol. The second-order valence-corrected chi connectivity index (χ2v) is 7.05. The SMILES string of the molecule is NC(Cc1c(F)ccc(Br)c1F)c1cc(Cl)sc1Cl. The maximum atomic E-state index is 13.8. The summed E-state index contributed by atoms with van der Waals surface area (Å²) in [5.41, 5.74) is 6.47. The lowest BCUT2D eigenvalue weighted by molar-refractivity contribution is 0.536. The molecule has 1 nitrogen and oxygen atoms in total. The van der Waals surface area contributed by atoms with E-state index in [0.29, 0.717) is 14.2 Å². The zero-order valence-electron chi connectivity index (χ0n) is 9.39. The Balaban J connectivity index is 2.31. The lowest BCUT2D eigenvalue weighted by Gasteiger charge is -2.13. The van der Waals surface area contributed by atoms with Crippen molar-refractivity contribution in [1.29, 1.82) is 0 Å². The predicted molar refractivity (Wildman–Crippen MR) is 79.0 cm³/mol. The van der Waals surface area contributed by atoms with Crippen molar-refractivity contribution in [2.24, 2.45) is 5.73 Å². The van der Waals surface area contributed by atoms with Gasteiger partial charge in [0.1, 0.15) is 11.6 Å². The van der Waals surface area contributed by atoms with Gasteiger partial charge in [-0.2, -0.15) is 0 Å². The number of halogens is 5. The van der Waals surface area contributed by atoms with Gasteiger partial charge in [-0.1, -0.05) is 23.2 Å². The standard InChI is InChI=1S/C12H8BrCl2F2NS/c13-7-1-2-8(16)5(11(7)17)3-9(18)6-4-10(14)19-12(6)15/h1-2,4,9H,3,18H2. The van der Waals surface area contributed by atoms with Crippen LogP contribution < -0.4 is 5.73 Å². The van der Waals surface area contributed by atoms with Crippen molar-refractivity contribution in [1.82, 2.24) is 0 Å². The molecule has 0 radical (unpaired) electrons. The Labute approximate surface area is 131 Å². The van der Waals surface area contributed by atoms with Crippen LogP contribution in [0, 0.1) is 11.6 Å². The quantitative estimate of drug-likeness (QED) is 0.708. The highest BCUT2D eigenvalue weighted by Gasteiger charge is 2.19. The summed E-state index contributed by atoms with van der Waals surface area (Å²) in [7, 11) is 0. The van der Waals surface area contributed by atoms with E-state index in [1.165, 1.54) is 23.5 Å². The van der Waals surface area contributed by atoms with Gasteiger partial charge in [-0.3, -0.25) is 0 Å². The van der Waals surface area contributed by atoms with Gasteiger partial charge < -0.3 is 5.73 Å². The van der Waals surface area contributed by atoms with E-state index in [2.05, 4.69) is 15.9 Å². The second-order valence-electron chi connectivity index (χ2n) is 3.91. The molecule has 1 heterocycles. The smallest absolute Gasteiger partial charge is 0.143 e. The van der Waals surface area contributed by atoms with Crippen molar-refractivity contribution < 1.29 is 8.78 Å². The third-order valence-corrected chi connectivity index (χ3v) is 4.78. The van der Waals surface area contributed by atoms with Gasteiger partial charge in [-0.05, 0) is 40.5 Å². The third-order valence-electron chi connectivity index (χ3n) is 2.65. The first-order valence-electron chi connectivity index (χ1n) is 5.23. The largest absolute Gasteiger partial charge is 0.324 e. The fourth-order valence-electron chi connectivity index (χ4n) is 1.69. The Morgan fingerprint density at radius 3 is 2.58 bits per heavy atom. The first kappa shape index (κ1) is 15.2. The highest BCUT2D eigenvalue weighted by molar-refractivity contribution is 9.10. The van der Waals surface area contributed by atoms with Gasteiger partial charge in [0, 0.05) is 17.2 Å². The van der Waals surface area contributed by atoms with Crippen LogP contribution in [0.25, 0.3) is 0 Å². The van der Waals surface area contributed by atoms with Crippen molar-refractivity contribution in [3.63, 3.8) is 0 Å². The molecular formula is C12H8BrCl2F2NS. The minimum Gasteiger partial charge on any atom is -0.324 e. The Kier molecular flexibility index (Phi) is 4.84. The summed E-state index contributed by atoms with van der Waals surface area (Å²) in [5.74, 6) is -1.28. The van der Waals surface area contributed by atoms with E-state index < -0.39 is 17.7 Å².